The number of hydrogen-bond donors (Lipinski definition) is 2. The number of esters is 1. The highest BCUT2D eigenvalue weighted by molar-refractivity contribution is 8.80. The second kappa shape index (κ2) is 16.6. The number of amides is 3. The molecule has 0 aromatic carbocycles. The molecule has 2 saturated carbocycles. The van der Waals surface area contributed by atoms with E-state index in [1.807, 2.05) is 21.6 Å². The summed E-state index contributed by atoms with van der Waals surface area (Å²) in [6.45, 7) is 1.71. The molecule has 244 valence electrons. The Kier molecular flexibility index (Phi) is 12.7. The van der Waals surface area contributed by atoms with Crippen molar-refractivity contribution >= 4 is 51.1 Å². The third kappa shape index (κ3) is 9.12. The molecular weight excluding hydrogens is 599 g/mol. The van der Waals surface area contributed by atoms with Crippen molar-refractivity contribution in [1.29, 1.82) is 0 Å². The Morgan fingerprint density at radius 1 is 0.909 bits per heavy atom. The Bertz CT molecular complexity index is 1050. The third-order valence-electron chi connectivity index (χ3n) is 10.1. The van der Waals surface area contributed by atoms with E-state index >= 15 is 0 Å². The Hall–Kier alpha value is -1.85. The molecule has 4 fully saturated rings. The molecule has 0 spiro atoms. The maximum absolute atomic E-state index is 13.6. The van der Waals surface area contributed by atoms with Crippen molar-refractivity contribution in [2.24, 2.45) is 17.8 Å². The summed E-state index contributed by atoms with van der Waals surface area (Å²) < 4.78 is 6.16. The minimum absolute atomic E-state index is 0.00668. The summed E-state index contributed by atoms with van der Waals surface area (Å²) in [5, 5.41) is 7.14. The normalized spacial score (nSPS) is 31.0. The lowest BCUT2D eigenvalue weighted by Gasteiger charge is -2.41. The second-order valence-electron chi connectivity index (χ2n) is 13.3. The first-order valence-electron chi connectivity index (χ1n) is 17.0. The first kappa shape index (κ1) is 33.5. The summed E-state index contributed by atoms with van der Waals surface area (Å²) in [5.74, 6) is -0.466. The van der Waals surface area contributed by atoms with Crippen molar-refractivity contribution in [2.45, 2.75) is 125 Å². The van der Waals surface area contributed by atoms with Gasteiger partial charge in [-0.25, -0.2) is 0 Å². The quantitative estimate of drug-likeness (QED) is 0.126. The molecule has 2 N–H and O–H groups in total. The molecule has 5 aliphatic rings. The van der Waals surface area contributed by atoms with Gasteiger partial charge in [0.15, 0.2) is 0 Å². The van der Waals surface area contributed by atoms with Crippen LogP contribution in [0.5, 0.6) is 0 Å². The van der Waals surface area contributed by atoms with Crippen LogP contribution in [0.3, 0.4) is 0 Å². The van der Waals surface area contributed by atoms with Crippen LogP contribution < -0.4 is 10.6 Å². The molecule has 5 rings (SSSR count). The Morgan fingerprint density at radius 3 is 2.34 bits per heavy atom. The molecule has 44 heavy (non-hydrogen) atoms. The summed E-state index contributed by atoms with van der Waals surface area (Å²) in [6.07, 6.45) is 16.6. The van der Waals surface area contributed by atoms with Crippen LogP contribution in [0.15, 0.2) is 12.2 Å². The van der Waals surface area contributed by atoms with Crippen molar-refractivity contribution in [1.82, 2.24) is 15.5 Å². The zero-order valence-corrected chi connectivity index (χ0v) is 27.5. The van der Waals surface area contributed by atoms with Gasteiger partial charge in [-0.15, -0.1) is 0 Å². The van der Waals surface area contributed by atoms with E-state index in [1.54, 1.807) is 0 Å². The van der Waals surface area contributed by atoms with Crippen molar-refractivity contribution in [3.8, 4) is 0 Å². The van der Waals surface area contributed by atoms with Gasteiger partial charge in [0.2, 0.25) is 5.91 Å². The van der Waals surface area contributed by atoms with Crippen LogP contribution >= 0.6 is 21.6 Å². The van der Waals surface area contributed by atoms with Gasteiger partial charge < -0.3 is 15.4 Å². The number of rotatable bonds is 13. The van der Waals surface area contributed by atoms with Gasteiger partial charge in [0.25, 0.3) is 11.8 Å². The average molecular weight is 648 g/mol. The fraction of sp³-hybridized carbons (Fsp3) is 0.788. The highest BCUT2D eigenvalue weighted by Gasteiger charge is 2.49. The number of carbonyl (C=O) groups excluding carboxylic acids is 5. The Labute approximate surface area is 269 Å². The van der Waals surface area contributed by atoms with Gasteiger partial charge in [-0.05, 0) is 82.6 Å². The van der Waals surface area contributed by atoms with Crippen LogP contribution in [0.4, 0.5) is 0 Å². The minimum atomic E-state index is -0.273. The summed E-state index contributed by atoms with van der Waals surface area (Å²) >= 11 is 0. The van der Waals surface area contributed by atoms with E-state index in [4.69, 9.17) is 4.74 Å². The molecular formula is C33H49N3O6S2. The van der Waals surface area contributed by atoms with Crippen molar-refractivity contribution < 1.29 is 28.7 Å². The van der Waals surface area contributed by atoms with Gasteiger partial charge in [-0.3, -0.25) is 28.9 Å². The van der Waals surface area contributed by atoms with Crippen molar-refractivity contribution in [3.63, 3.8) is 0 Å². The molecule has 11 heteroatoms. The molecule has 3 heterocycles. The summed E-state index contributed by atoms with van der Waals surface area (Å²) in [4.78, 5) is 64.5. The van der Waals surface area contributed by atoms with Crippen LogP contribution in [0.2, 0.25) is 0 Å². The van der Waals surface area contributed by atoms with E-state index in [0.717, 1.165) is 57.9 Å². The van der Waals surface area contributed by atoms with E-state index in [0.29, 0.717) is 55.7 Å². The number of unbranched alkanes of at least 4 members (excludes halogenated alkanes) is 2. The lowest BCUT2D eigenvalue weighted by atomic mass is 9.81. The molecule has 6 atom stereocenters. The number of nitrogens with one attached hydrogen (secondary N) is 2. The minimum Gasteiger partial charge on any atom is -0.462 e. The maximum atomic E-state index is 13.6. The predicted molar refractivity (Wildman–Crippen MR) is 173 cm³/mol. The monoisotopic (exact) mass is 647 g/mol. The van der Waals surface area contributed by atoms with E-state index in [-0.39, 0.29) is 59.4 Å². The van der Waals surface area contributed by atoms with E-state index in [2.05, 4.69) is 10.6 Å². The lowest BCUT2D eigenvalue weighted by Crippen LogP contribution is -2.43. The molecule has 2 aliphatic carbocycles. The van der Waals surface area contributed by atoms with Crippen LogP contribution in [-0.2, 0) is 28.7 Å². The SMILES string of the molecule is O=C(CCCCCN1C(=O)C=CC1=O)NCC1CC(C(=O)OC2CCCCCCC2)CC2SSC2C1CC(=O)[C@@H]1CCCN1. The Morgan fingerprint density at radius 2 is 1.66 bits per heavy atom. The zero-order chi connectivity index (χ0) is 30.9. The number of fused-ring (bicyclic) bond motifs is 1. The van der Waals surface area contributed by atoms with E-state index < -0.39 is 0 Å². The fourth-order valence-electron chi connectivity index (χ4n) is 7.46. The predicted octanol–water partition coefficient (Wildman–Crippen LogP) is 4.73. The van der Waals surface area contributed by atoms with Crippen molar-refractivity contribution in [3.05, 3.63) is 12.2 Å². The van der Waals surface area contributed by atoms with Gasteiger partial charge >= 0.3 is 5.97 Å². The molecule has 2 saturated heterocycles. The fourth-order valence-corrected chi connectivity index (χ4v) is 10.8. The van der Waals surface area contributed by atoms with E-state index in [9.17, 15) is 24.0 Å². The van der Waals surface area contributed by atoms with Gasteiger partial charge in [0, 0.05) is 48.6 Å². The highest BCUT2D eigenvalue weighted by Crippen LogP contribution is 2.58. The number of ketones is 1. The Balaban J connectivity index is 1.16. The van der Waals surface area contributed by atoms with Crippen LogP contribution in [0, 0.1) is 17.8 Å². The standard InChI is InChI=1S/C33H49N3O6S2/c37-27(26-12-9-16-34-26)20-25-23(21-35-29(38)13-7-4-8-17-36-30(39)14-15-31(36)40)18-22(19-28-32(25)44-43-28)33(41)42-24-10-5-2-1-3-6-11-24/h14-15,22-26,28,32,34H,1-13,16-21H2,(H,35,38)/t22?,23?,25?,26-,28?,32?/m0/s1. The lowest BCUT2D eigenvalue weighted by molar-refractivity contribution is -0.156. The maximum Gasteiger partial charge on any atom is 0.309 e. The first-order chi connectivity index (χ1) is 21.4. The van der Waals surface area contributed by atoms with Crippen LogP contribution in [-0.4, -0.2) is 76.7 Å². The summed E-state index contributed by atoms with van der Waals surface area (Å²) in [6, 6.07) is -0.0771. The number of hydrogen-bond acceptors (Lipinski definition) is 9. The highest BCUT2D eigenvalue weighted by atomic mass is 33.1. The van der Waals surface area contributed by atoms with Gasteiger partial charge in [-0.2, -0.15) is 0 Å². The molecule has 3 aliphatic heterocycles. The number of carbonyl (C=O) groups is 5. The van der Waals surface area contributed by atoms with Crippen LogP contribution in [0.25, 0.3) is 0 Å². The number of nitrogens with zero attached hydrogens (tertiary/aromatic N) is 1. The van der Waals surface area contributed by atoms with Crippen LogP contribution in [0.1, 0.15) is 103 Å². The number of ether oxygens (including phenoxy) is 1. The average Bonchev–Trinajstić information content (AvgIpc) is 3.61. The van der Waals surface area contributed by atoms with Gasteiger partial charge in [-0.1, -0.05) is 47.3 Å². The molecule has 9 nitrogen and oxygen atoms in total. The topological polar surface area (TPSA) is 122 Å². The number of imide groups is 1. The van der Waals surface area contributed by atoms with Gasteiger partial charge in [0.1, 0.15) is 11.9 Å². The molecule has 0 aromatic heterocycles. The van der Waals surface area contributed by atoms with Gasteiger partial charge in [0.05, 0.1) is 12.0 Å². The molecule has 3 amide bonds. The summed E-state index contributed by atoms with van der Waals surface area (Å²) in [7, 11) is 3.68. The number of Topliss-reactive ketones (excluding diaryl/α,β-unsaturated/α-hetero) is 1. The largest absolute Gasteiger partial charge is 0.462 e. The smallest absolute Gasteiger partial charge is 0.309 e. The molecule has 5 unspecified atom stereocenters. The molecule has 0 aromatic rings. The second-order valence-corrected chi connectivity index (χ2v) is 16.0. The zero-order valence-electron chi connectivity index (χ0n) is 25.8. The molecule has 0 radical (unpaired) electrons. The first-order valence-corrected chi connectivity index (χ1v) is 19.3. The third-order valence-corrected chi connectivity index (χ3v) is 13.7. The van der Waals surface area contributed by atoms with E-state index in [1.165, 1.54) is 36.3 Å². The molecule has 0 bridgehead atoms. The van der Waals surface area contributed by atoms with Crippen molar-refractivity contribution in [2.75, 3.05) is 19.6 Å². The summed E-state index contributed by atoms with van der Waals surface area (Å²) in [5.41, 5.74) is 0.